The fourth-order valence-corrected chi connectivity index (χ4v) is 2.70. The molecule has 2 N–H and O–H groups in total. The molecule has 1 aliphatic carbocycles. The van der Waals surface area contributed by atoms with E-state index in [1.54, 1.807) is 12.1 Å². The molecule has 0 aliphatic heterocycles. The minimum atomic E-state index is -5.03. The van der Waals surface area contributed by atoms with E-state index in [-0.39, 0.29) is 12.8 Å². The summed E-state index contributed by atoms with van der Waals surface area (Å²) in [6, 6.07) is 7.15. The van der Waals surface area contributed by atoms with Gasteiger partial charge in [0.1, 0.15) is 0 Å². The van der Waals surface area contributed by atoms with Gasteiger partial charge in [-0.15, -0.1) is 0 Å². The second-order valence-electron chi connectivity index (χ2n) is 5.25. The summed E-state index contributed by atoms with van der Waals surface area (Å²) < 4.78 is 37.3. The molecule has 1 unspecified atom stereocenters. The van der Waals surface area contributed by atoms with Gasteiger partial charge in [-0.3, -0.25) is 9.59 Å². The van der Waals surface area contributed by atoms with Crippen LogP contribution in [0.15, 0.2) is 24.3 Å². The van der Waals surface area contributed by atoms with E-state index in [1.165, 1.54) is 0 Å². The quantitative estimate of drug-likeness (QED) is 0.898. The normalized spacial score (nSPS) is 21.5. The maximum atomic E-state index is 12.4. The first kappa shape index (κ1) is 15.3. The minimum absolute atomic E-state index is 0.0806. The Balaban J connectivity index is 2.28. The third-order valence-electron chi connectivity index (χ3n) is 3.65. The smallest absolute Gasteiger partial charge is 0.471 e. The van der Waals surface area contributed by atoms with E-state index in [4.69, 9.17) is 5.11 Å². The number of carbonyl (C=O) groups is 2. The molecule has 21 heavy (non-hydrogen) atoms. The molecule has 1 atom stereocenters. The number of hydrogen-bond donors (Lipinski definition) is 2. The Hall–Kier alpha value is -2.05. The van der Waals surface area contributed by atoms with Gasteiger partial charge in [0.15, 0.2) is 0 Å². The highest BCUT2D eigenvalue weighted by Crippen LogP contribution is 2.32. The van der Waals surface area contributed by atoms with Crippen LogP contribution in [0.5, 0.6) is 0 Å². The Morgan fingerprint density at radius 2 is 1.86 bits per heavy atom. The zero-order valence-corrected chi connectivity index (χ0v) is 11.0. The maximum Gasteiger partial charge on any atom is 0.471 e. The highest BCUT2D eigenvalue weighted by molar-refractivity contribution is 5.83. The largest absolute Gasteiger partial charge is 0.481 e. The van der Waals surface area contributed by atoms with Gasteiger partial charge in [-0.25, -0.2) is 0 Å². The number of hydrogen-bond acceptors (Lipinski definition) is 2. The van der Waals surface area contributed by atoms with Gasteiger partial charge < -0.3 is 10.4 Å². The Bertz CT molecular complexity index is 571. The van der Waals surface area contributed by atoms with Crippen molar-refractivity contribution in [2.45, 2.75) is 37.4 Å². The van der Waals surface area contributed by atoms with Crippen molar-refractivity contribution in [2.24, 2.45) is 0 Å². The van der Waals surface area contributed by atoms with Gasteiger partial charge in [0.2, 0.25) is 0 Å². The molecule has 114 valence electrons. The van der Waals surface area contributed by atoms with Gasteiger partial charge in [0.25, 0.3) is 0 Å². The molecule has 1 aromatic rings. The van der Waals surface area contributed by atoms with Crippen molar-refractivity contribution in [3.05, 3.63) is 35.4 Å². The van der Waals surface area contributed by atoms with E-state index >= 15 is 0 Å². The molecular formula is C14H14F3NO3. The van der Waals surface area contributed by atoms with Crippen LogP contribution in [0.1, 0.15) is 24.0 Å². The molecule has 1 aliphatic rings. The van der Waals surface area contributed by atoms with Crippen molar-refractivity contribution in [3.8, 4) is 0 Å². The number of amides is 1. The molecule has 7 heteroatoms. The van der Waals surface area contributed by atoms with Crippen molar-refractivity contribution in [2.75, 3.05) is 0 Å². The van der Waals surface area contributed by atoms with E-state index in [2.05, 4.69) is 0 Å². The SMILES string of the molecule is O=C(O)CC1(NC(=O)C(F)(F)F)CCc2ccccc2C1. The number of carboxylic acid groups (broad SMARTS) is 1. The number of carbonyl (C=O) groups excluding carboxylic acids is 1. The zero-order valence-electron chi connectivity index (χ0n) is 11.0. The standard InChI is InChI=1S/C14H14F3NO3/c15-14(16,17)12(21)18-13(8-11(19)20)6-5-9-3-1-2-4-10(9)7-13/h1-4H,5-8H2,(H,18,21)(H,19,20). The predicted molar refractivity (Wildman–Crippen MR) is 67.6 cm³/mol. The number of aliphatic carboxylic acids is 1. The summed E-state index contributed by atoms with van der Waals surface area (Å²) >= 11 is 0. The van der Waals surface area contributed by atoms with E-state index in [1.807, 2.05) is 17.4 Å². The highest BCUT2D eigenvalue weighted by Gasteiger charge is 2.45. The molecule has 0 fully saturated rings. The van der Waals surface area contributed by atoms with Crippen molar-refractivity contribution in [1.29, 1.82) is 0 Å². The lowest BCUT2D eigenvalue weighted by Crippen LogP contribution is -2.56. The van der Waals surface area contributed by atoms with Crippen LogP contribution in [-0.4, -0.2) is 28.7 Å². The number of benzene rings is 1. The number of nitrogens with one attached hydrogen (secondary N) is 1. The van der Waals surface area contributed by atoms with Crippen molar-refractivity contribution < 1.29 is 27.9 Å². The first-order valence-corrected chi connectivity index (χ1v) is 6.40. The zero-order chi connectivity index (χ0) is 15.7. The van der Waals surface area contributed by atoms with Gasteiger partial charge in [-0.2, -0.15) is 13.2 Å². The molecule has 0 spiro atoms. The molecule has 0 radical (unpaired) electrons. The van der Waals surface area contributed by atoms with E-state index in [0.29, 0.717) is 6.42 Å². The van der Waals surface area contributed by atoms with Crippen molar-refractivity contribution in [1.82, 2.24) is 5.32 Å². The summed E-state index contributed by atoms with van der Waals surface area (Å²) in [5.74, 6) is -3.33. The van der Waals surface area contributed by atoms with Crippen LogP contribution in [0.2, 0.25) is 0 Å². The summed E-state index contributed by atoms with van der Waals surface area (Å²) in [6.07, 6.45) is -4.89. The highest BCUT2D eigenvalue weighted by atomic mass is 19.4. The first-order valence-electron chi connectivity index (χ1n) is 6.40. The summed E-state index contributed by atoms with van der Waals surface area (Å²) in [6.45, 7) is 0. The second kappa shape index (κ2) is 5.38. The van der Waals surface area contributed by atoms with Gasteiger partial charge in [0, 0.05) is 0 Å². The average Bonchev–Trinajstić information content (AvgIpc) is 2.36. The third-order valence-corrected chi connectivity index (χ3v) is 3.65. The lowest BCUT2D eigenvalue weighted by Gasteiger charge is -2.38. The molecule has 0 saturated heterocycles. The second-order valence-corrected chi connectivity index (χ2v) is 5.25. The van der Waals surface area contributed by atoms with Gasteiger partial charge in [-0.05, 0) is 30.4 Å². The lowest BCUT2D eigenvalue weighted by molar-refractivity contribution is -0.176. The molecule has 0 heterocycles. The summed E-state index contributed by atoms with van der Waals surface area (Å²) in [7, 11) is 0. The van der Waals surface area contributed by atoms with Gasteiger partial charge in [-0.1, -0.05) is 24.3 Å². The Labute approximate surface area is 119 Å². The fourth-order valence-electron chi connectivity index (χ4n) is 2.70. The van der Waals surface area contributed by atoms with Gasteiger partial charge in [0.05, 0.1) is 12.0 Å². The first-order chi connectivity index (χ1) is 9.72. The molecule has 0 bridgehead atoms. The van der Waals surface area contributed by atoms with Crippen LogP contribution in [0, 0.1) is 0 Å². The number of fused-ring (bicyclic) bond motifs is 1. The van der Waals surface area contributed by atoms with Crippen molar-refractivity contribution >= 4 is 11.9 Å². The monoisotopic (exact) mass is 301 g/mol. The van der Waals surface area contributed by atoms with Gasteiger partial charge >= 0.3 is 18.1 Å². The maximum absolute atomic E-state index is 12.4. The van der Waals surface area contributed by atoms with Crippen LogP contribution < -0.4 is 5.32 Å². The third kappa shape index (κ3) is 3.53. The molecule has 1 amide bonds. The Morgan fingerprint density at radius 3 is 2.43 bits per heavy atom. The molecule has 1 aromatic carbocycles. The fraction of sp³-hybridized carbons (Fsp3) is 0.429. The van der Waals surface area contributed by atoms with Crippen LogP contribution >= 0.6 is 0 Å². The number of carboxylic acids is 1. The predicted octanol–water partition coefficient (Wildman–Crippen LogP) is 2.07. The molecule has 0 aromatic heterocycles. The topological polar surface area (TPSA) is 66.4 Å². The number of rotatable bonds is 3. The van der Waals surface area contributed by atoms with E-state index in [0.717, 1.165) is 11.1 Å². The summed E-state index contributed by atoms with van der Waals surface area (Å²) in [5.41, 5.74) is 0.347. The Kier molecular flexibility index (Phi) is 3.93. The molecule has 0 saturated carbocycles. The number of aryl methyl sites for hydroxylation is 1. The number of halogens is 3. The van der Waals surface area contributed by atoms with E-state index < -0.39 is 30.0 Å². The molecule has 4 nitrogen and oxygen atoms in total. The average molecular weight is 301 g/mol. The number of alkyl halides is 3. The summed E-state index contributed by atoms with van der Waals surface area (Å²) in [5, 5.41) is 10.9. The van der Waals surface area contributed by atoms with Crippen LogP contribution in [0.4, 0.5) is 13.2 Å². The van der Waals surface area contributed by atoms with Crippen molar-refractivity contribution in [3.63, 3.8) is 0 Å². The van der Waals surface area contributed by atoms with Crippen LogP contribution in [0.25, 0.3) is 0 Å². The van der Waals surface area contributed by atoms with Crippen LogP contribution in [-0.2, 0) is 22.4 Å². The lowest BCUT2D eigenvalue weighted by atomic mass is 9.76. The van der Waals surface area contributed by atoms with Crippen LogP contribution in [0.3, 0.4) is 0 Å². The van der Waals surface area contributed by atoms with E-state index in [9.17, 15) is 22.8 Å². The molecule has 2 rings (SSSR count). The summed E-state index contributed by atoms with van der Waals surface area (Å²) in [4.78, 5) is 22.2. The Morgan fingerprint density at radius 1 is 1.24 bits per heavy atom. The minimum Gasteiger partial charge on any atom is -0.481 e. The molecular weight excluding hydrogens is 287 g/mol.